The van der Waals surface area contributed by atoms with Crippen LogP contribution >= 0.6 is 0 Å². The summed E-state index contributed by atoms with van der Waals surface area (Å²) in [5.41, 5.74) is 17.7. The first-order valence-electron chi connectivity index (χ1n) is 24.8. The van der Waals surface area contributed by atoms with Gasteiger partial charge in [-0.05, 0) is 128 Å². The summed E-state index contributed by atoms with van der Waals surface area (Å²) in [6.45, 7) is 13.0. The highest BCUT2D eigenvalue weighted by molar-refractivity contribution is 5.94. The van der Waals surface area contributed by atoms with E-state index in [1.165, 1.54) is 33.5 Å². The van der Waals surface area contributed by atoms with E-state index in [-0.39, 0.29) is 34.5 Å². The van der Waals surface area contributed by atoms with Crippen molar-refractivity contribution in [3.05, 3.63) is 166 Å². The lowest BCUT2D eigenvalue weighted by Gasteiger charge is -2.40. The minimum Gasteiger partial charge on any atom is -0.484 e. The number of primary amides is 1. The van der Waals surface area contributed by atoms with Crippen molar-refractivity contribution in [3.8, 4) is 23.3 Å². The Kier molecular flexibility index (Phi) is 11.0. The number of hydrogen-bond acceptors (Lipinski definition) is 10. The smallest absolute Gasteiger partial charge is 0.319 e. The molecule has 4 aromatic carbocycles. The Morgan fingerprint density at radius 3 is 1.97 bits per heavy atom. The fourth-order valence-corrected chi connectivity index (χ4v) is 12.1. The van der Waals surface area contributed by atoms with Gasteiger partial charge in [0, 0.05) is 60.0 Å². The van der Waals surface area contributed by atoms with E-state index in [9.17, 15) is 4.79 Å². The van der Waals surface area contributed by atoms with Crippen LogP contribution in [0.25, 0.3) is 0 Å². The van der Waals surface area contributed by atoms with Gasteiger partial charge in [-0.15, -0.1) is 0 Å². The summed E-state index contributed by atoms with van der Waals surface area (Å²) in [6.07, 6.45) is 6.41. The normalized spacial score (nSPS) is 21.2. The van der Waals surface area contributed by atoms with Crippen LogP contribution in [0.4, 0.5) is 16.2 Å². The second-order valence-electron chi connectivity index (χ2n) is 20.9. The van der Waals surface area contributed by atoms with E-state index in [0.29, 0.717) is 43.0 Å². The van der Waals surface area contributed by atoms with Gasteiger partial charge >= 0.3 is 6.03 Å². The standard InChI is InChI=1S/C57H61N7O5/c1-55(2,31-42-7-5-9-44-51(42)60-36-56(44)22-27-62(28-23-56)32-38-12-16-40(17-13-38)48-34-66-46-11-6-26-59-52(46)68-48)50-21-20-47-53(61-50)69-49(35-67-47)41-18-14-39(15-19-41)33-63-29-24-57(25-30-63)37-64(54(58)65)45-10-4-3-8-43(45)57/h3-21,26,48-49,60H,22-25,27-37H2,1-2H3,(H2,58,65)/t48-,49-/m1/s1. The third-order valence-corrected chi connectivity index (χ3v) is 16.1. The number of nitrogens with two attached hydrogens (primary N) is 1. The molecule has 0 unspecified atom stereocenters. The topological polar surface area (TPSA) is 128 Å². The van der Waals surface area contributed by atoms with Gasteiger partial charge in [0.05, 0.1) is 5.69 Å². The molecule has 0 radical (unpaired) electrons. The summed E-state index contributed by atoms with van der Waals surface area (Å²) in [4.78, 5) is 28.6. The molecule has 12 nitrogen and oxygen atoms in total. The molecule has 3 N–H and O–H groups in total. The number of benzene rings is 4. The third kappa shape index (κ3) is 8.21. The van der Waals surface area contributed by atoms with Crippen LogP contribution in [0.5, 0.6) is 23.3 Å². The van der Waals surface area contributed by atoms with Crippen LogP contribution in [0.15, 0.2) is 121 Å². The number of rotatable bonds is 9. The van der Waals surface area contributed by atoms with Crippen molar-refractivity contribution in [3.63, 3.8) is 0 Å². The molecule has 2 saturated heterocycles. The molecule has 12 rings (SSSR count). The van der Waals surface area contributed by atoms with Gasteiger partial charge in [-0.25, -0.2) is 14.8 Å². The molecule has 8 heterocycles. The maximum absolute atomic E-state index is 12.3. The number of ether oxygens (including phenoxy) is 4. The first-order chi connectivity index (χ1) is 33.6. The lowest BCUT2D eigenvalue weighted by Crippen LogP contribution is -2.46. The molecule has 0 saturated carbocycles. The summed E-state index contributed by atoms with van der Waals surface area (Å²) < 4.78 is 25.0. The molecule has 0 aliphatic carbocycles. The maximum atomic E-state index is 12.3. The number of piperidine rings is 2. The summed E-state index contributed by atoms with van der Waals surface area (Å²) in [7, 11) is 0. The molecule has 6 aliphatic heterocycles. The quantitative estimate of drug-likeness (QED) is 0.145. The Morgan fingerprint density at radius 2 is 1.30 bits per heavy atom. The van der Waals surface area contributed by atoms with Crippen LogP contribution < -0.4 is 34.9 Å². The molecule has 12 heteroatoms. The lowest BCUT2D eigenvalue weighted by molar-refractivity contribution is 0.0843. The number of nitrogens with zero attached hydrogens (tertiary/aromatic N) is 5. The maximum Gasteiger partial charge on any atom is 0.319 e. The van der Waals surface area contributed by atoms with Gasteiger partial charge in [0.2, 0.25) is 0 Å². The number of carbonyl (C=O) groups is 1. The van der Waals surface area contributed by atoms with E-state index in [1.54, 1.807) is 11.1 Å². The number of hydrogen-bond donors (Lipinski definition) is 2. The molecule has 6 aliphatic rings. The van der Waals surface area contributed by atoms with Crippen LogP contribution in [0.1, 0.15) is 96.4 Å². The van der Waals surface area contributed by atoms with E-state index in [4.69, 9.17) is 29.7 Å². The Balaban J connectivity index is 0.652. The molecule has 2 atom stereocenters. The molecule has 2 spiro atoms. The first-order valence-corrected chi connectivity index (χ1v) is 24.8. The monoisotopic (exact) mass is 923 g/mol. The number of likely N-dealkylation sites (tertiary alicyclic amines) is 2. The second-order valence-corrected chi connectivity index (χ2v) is 20.9. The van der Waals surface area contributed by atoms with Crippen LogP contribution in [0.2, 0.25) is 0 Å². The summed E-state index contributed by atoms with van der Waals surface area (Å²) in [5.74, 6) is 2.51. The average molecular weight is 924 g/mol. The van der Waals surface area contributed by atoms with Gasteiger partial charge < -0.3 is 30.0 Å². The van der Waals surface area contributed by atoms with E-state index in [1.807, 2.05) is 30.3 Å². The molecule has 0 bridgehead atoms. The average Bonchev–Trinajstić information content (AvgIpc) is 3.91. The Morgan fingerprint density at radius 1 is 0.696 bits per heavy atom. The third-order valence-electron chi connectivity index (χ3n) is 16.1. The van der Waals surface area contributed by atoms with E-state index in [0.717, 1.165) is 100 Å². The molecule has 2 amide bonds. The molecular weight excluding hydrogens is 863 g/mol. The van der Waals surface area contributed by atoms with Gasteiger partial charge in [0.15, 0.2) is 23.7 Å². The number of fused-ring (bicyclic) bond motifs is 6. The number of anilines is 2. The first kappa shape index (κ1) is 43.6. The number of pyridine rings is 2. The van der Waals surface area contributed by atoms with Crippen LogP contribution in [-0.4, -0.2) is 78.3 Å². The van der Waals surface area contributed by atoms with E-state index >= 15 is 0 Å². The zero-order valence-corrected chi connectivity index (χ0v) is 39.7. The molecule has 354 valence electrons. The van der Waals surface area contributed by atoms with E-state index < -0.39 is 0 Å². The molecule has 2 aromatic heterocycles. The SMILES string of the molecule is CC(C)(Cc1cccc2c1NCC21CCN(Cc2ccc([C@H]3COc4cccnc4O3)cc2)CC1)c1ccc2c(n1)O[C@@H](c1ccc(CN3CCC4(CC3)CN(C(N)=O)c3ccccc34)cc1)CO2. The minimum atomic E-state index is -0.370. The van der Waals surface area contributed by atoms with Crippen molar-refractivity contribution in [1.82, 2.24) is 19.8 Å². The zero-order chi connectivity index (χ0) is 46.7. The number of amides is 2. The highest BCUT2D eigenvalue weighted by Crippen LogP contribution is 2.49. The van der Waals surface area contributed by atoms with Crippen molar-refractivity contribution in [1.29, 1.82) is 0 Å². The fourth-order valence-electron chi connectivity index (χ4n) is 12.1. The summed E-state index contributed by atoms with van der Waals surface area (Å²) in [5, 5.41) is 3.90. The van der Waals surface area contributed by atoms with Crippen LogP contribution in [-0.2, 0) is 35.8 Å². The molecule has 2 fully saturated rings. The molecular formula is C57H61N7O5. The van der Waals surface area contributed by atoms with Crippen molar-refractivity contribution < 1.29 is 23.7 Å². The van der Waals surface area contributed by atoms with Gasteiger partial charge in [-0.1, -0.05) is 98.8 Å². The van der Waals surface area contributed by atoms with Crippen molar-refractivity contribution in [2.75, 3.05) is 62.7 Å². The van der Waals surface area contributed by atoms with Crippen LogP contribution in [0.3, 0.4) is 0 Å². The van der Waals surface area contributed by atoms with Crippen molar-refractivity contribution in [2.45, 2.75) is 87.5 Å². The highest BCUT2D eigenvalue weighted by Gasteiger charge is 2.46. The second kappa shape index (κ2) is 17.4. The zero-order valence-electron chi connectivity index (χ0n) is 39.7. The predicted molar refractivity (Wildman–Crippen MR) is 266 cm³/mol. The van der Waals surface area contributed by atoms with Gasteiger partial charge in [0.1, 0.15) is 13.2 Å². The highest BCUT2D eigenvalue weighted by atomic mass is 16.6. The summed E-state index contributed by atoms with van der Waals surface area (Å²) >= 11 is 0. The Labute approximate surface area is 404 Å². The summed E-state index contributed by atoms with van der Waals surface area (Å²) in [6, 6.07) is 40.3. The number of carbonyl (C=O) groups excluding carboxylic acids is 1. The minimum absolute atomic E-state index is 0.0301. The van der Waals surface area contributed by atoms with Gasteiger partial charge in [-0.3, -0.25) is 14.7 Å². The van der Waals surface area contributed by atoms with Gasteiger partial charge in [-0.2, -0.15) is 0 Å². The Bertz CT molecular complexity index is 2870. The number of nitrogens with one attached hydrogen (secondary N) is 1. The number of para-hydroxylation sites is 2. The fraction of sp³-hybridized carbons (Fsp3) is 0.386. The van der Waals surface area contributed by atoms with E-state index in [2.05, 4.69) is 119 Å². The van der Waals surface area contributed by atoms with Gasteiger partial charge in [0.25, 0.3) is 11.8 Å². The largest absolute Gasteiger partial charge is 0.484 e. The van der Waals surface area contributed by atoms with Crippen molar-refractivity contribution >= 4 is 17.4 Å². The lowest BCUT2D eigenvalue weighted by atomic mass is 9.73. The number of aromatic nitrogens is 2. The Hall–Kier alpha value is -6.63. The molecule has 69 heavy (non-hydrogen) atoms. The predicted octanol–water partition coefficient (Wildman–Crippen LogP) is 9.41. The molecule has 6 aromatic rings. The van der Waals surface area contributed by atoms with Crippen molar-refractivity contribution in [2.24, 2.45) is 5.73 Å². The number of urea groups is 1. The van der Waals surface area contributed by atoms with Crippen LogP contribution in [0, 0.1) is 0 Å².